The lowest BCUT2D eigenvalue weighted by Crippen LogP contribution is -2.37. The molecule has 23 heavy (non-hydrogen) atoms. The molecule has 1 saturated heterocycles. The number of nitrogens with one attached hydrogen (secondary N) is 2. The van der Waals surface area contributed by atoms with Gasteiger partial charge in [0, 0.05) is 28.8 Å². The number of H-pyrrole nitrogens is 1. The van der Waals surface area contributed by atoms with Crippen LogP contribution in [-0.4, -0.2) is 43.7 Å². The van der Waals surface area contributed by atoms with Crippen LogP contribution < -0.4 is 4.72 Å². The highest BCUT2D eigenvalue weighted by molar-refractivity contribution is 7.92. The Kier molecular flexibility index (Phi) is 4.38. The van der Waals surface area contributed by atoms with E-state index in [1.54, 1.807) is 6.07 Å². The first-order valence-electron chi connectivity index (χ1n) is 8.16. The second kappa shape index (κ2) is 6.17. The summed E-state index contributed by atoms with van der Waals surface area (Å²) in [5.74, 6) is 0.534. The Morgan fingerprint density at radius 2 is 1.96 bits per heavy atom. The third-order valence-corrected chi connectivity index (χ3v) is 5.32. The molecule has 2 N–H and O–H groups in total. The van der Waals surface area contributed by atoms with Crippen molar-refractivity contribution in [2.45, 2.75) is 38.6 Å². The average Bonchev–Trinajstić information content (AvgIpc) is 2.88. The minimum Gasteiger partial charge on any atom is -0.361 e. The molecule has 3 rings (SSSR count). The van der Waals surface area contributed by atoms with E-state index < -0.39 is 10.0 Å². The van der Waals surface area contributed by atoms with Crippen LogP contribution in [0.2, 0.25) is 0 Å². The van der Waals surface area contributed by atoms with Gasteiger partial charge in [-0.15, -0.1) is 0 Å². The van der Waals surface area contributed by atoms with Crippen LogP contribution in [0.1, 0.15) is 38.2 Å². The molecule has 6 heteroatoms. The van der Waals surface area contributed by atoms with Gasteiger partial charge in [-0.1, -0.05) is 0 Å². The first-order valence-corrected chi connectivity index (χ1v) is 10.1. The van der Waals surface area contributed by atoms with E-state index in [1.807, 2.05) is 12.1 Å². The van der Waals surface area contributed by atoms with Crippen molar-refractivity contribution in [3.05, 3.63) is 30.0 Å². The van der Waals surface area contributed by atoms with Crippen LogP contribution in [-0.2, 0) is 10.0 Å². The number of aromatic amines is 1. The zero-order chi connectivity index (χ0) is 16.6. The largest absolute Gasteiger partial charge is 0.361 e. The molecule has 0 radical (unpaired) electrons. The molecule has 1 aromatic heterocycles. The number of benzene rings is 1. The maximum Gasteiger partial charge on any atom is 0.229 e. The summed E-state index contributed by atoms with van der Waals surface area (Å²) in [4.78, 5) is 5.83. The number of nitrogens with zero attached hydrogens (tertiary/aromatic N) is 1. The molecule has 0 amide bonds. The molecule has 2 heterocycles. The van der Waals surface area contributed by atoms with Crippen molar-refractivity contribution in [3.63, 3.8) is 0 Å². The number of aromatic nitrogens is 1. The van der Waals surface area contributed by atoms with Gasteiger partial charge in [0.05, 0.1) is 6.26 Å². The Morgan fingerprint density at radius 3 is 2.57 bits per heavy atom. The molecule has 126 valence electrons. The molecule has 1 aromatic carbocycles. The smallest absolute Gasteiger partial charge is 0.229 e. The SMILES string of the molecule is CC(C)N1CCC(c2c[nH]c3ccc(NS(C)(=O)=O)cc23)CC1. The minimum absolute atomic E-state index is 0.534. The highest BCUT2D eigenvalue weighted by Crippen LogP contribution is 2.34. The molecule has 5 nitrogen and oxygen atoms in total. The maximum absolute atomic E-state index is 11.4. The van der Waals surface area contributed by atoms with Crippen molar-refractivity contribution in [2.75, 3.05) is 24.1 Å². The van der Waals surface area contributed by atoms with Gasteiger partial charge in [-0.05, 0) is 69.5 Å². The summed E-state index contributed by atoms with van der Waals surface area (Å²) >= 11 is 0. The van der Waals surface area contributed by atoms with Gasteiger partial charge in [0.25, 0.3) is 0 Å². The number of rotatable bonds is 4. The van der Waals surface area contributed by atoms with Gasteiger partial charge >= 0.3 is 0 Å². The second-order valence-corrected chi connectivity index (χ2v) is 8.53. The van der Waals surface area contributed by atoms with Crippen LogP contribution in [0.5, 0.6) is 0 Å². The second-order valence-electron chi connectivity index (χ2n) is 6.78. The molecular formula is C17H25N3O2S. The van der Waals surface area contributed by atoms with Crippen molar-refractivity contribution < 1.29 is 8.42 Å². The van der Waals surface area contributed by atoms with E-state index in [9.17, 15) is 8.42 Å². The molecule has 0 bridgehead atoms. The summed E-state index contributed by atoms with van der Waals surface area (Å²) in [6.45, 7) is 6.73. The van der Waals surface area contributed by atoms with E-state index in [2.05, 4.69) is 34.7 Å². The van der Waals surface area contributed by atoms with Crippen molar-refractivity contribution in [1.82, 2.24) is 9.88 Å². The third-order valence-electron chi connectivity index (χ3n) is 4.72. The Bertz CT molecular complexity index is 787. The molecule has 0 saturated carbocycles. The summed E-state index contributed by atoms with van der Waals surface area (Å²) in [7, 11) is -3.25. The highest BCUT2D eigenvalue weighted by Gasteiger charge is 2.24. The molecule has 2 aromatic rings. The third kappa shape index (κ3) is 3.70. The fourth-order valence-corrected chi connectivity index (χ4v) is 4.04. The lowest BCUT2D eigenvalue weighted by Gasteiger charge is -2.34. The van der Waals surface area contributed by atoms with Crippen LogP contribution >= 0.6 is 0 Å². The van der Waals surface area contributed by atoms with Crippen LogP contribution in [0.25, 0.3) is 10.9 Å². The number of hydrogen-bond acceptors (Lipinski definition) is 3. The first kappa shape index (κ1) is 16.3. The zero-order valence-corrected chi connectivity index (χ0v) is 14.8. The Balaban J connectivity index is 1.85. The van der Waals surface area contributed by atoms with Crippen molar-refractivity contribution in [1.29, 1.82) is 0 Å². The topological polar surface area (TPSA) is 65.2 Å². The van der Waals surface area contributed by atoms with Gasteiger partial charge in [-0.25, -0.2) is 8.42 Å². The van der Waals surface area contributed by atoms with Crippen LogP contribution in [0, 0.1) is 0 Å². The quantitative estimate of drug-likeness (QED) is 0.902. The normalized spacial score (nSPS) is 17.9. The number of piperidine rings is 1. The van der Waals surface area contributed by atoms with Gasteiger partial charge in [0.1, 0.15) is 0 Å². The average molecular weight is 335 g/mol. The van der Waals surface area contributed by atoms with Gasteiger partial charge in [-0.3, -0.25) is 4.72 Å². The summed E-state index contributed by atoms with van der Waals surface area (Å²) in [6, 6.07) is 6.28. The molecule has 0 aliphatic carbocycles. The van der Waals surface area contributed by atoms with E-state index in [0.717, 1.165) is 36.8 Å². The number of fused-ring (bicyclic) bond motifs is 1. The number of sulfonamides is 1. The molecule has 1 aliphatic heterocycles. The van der Waals surface area contributed by atoms with Crippen molar-refractivity contribution in [3.8, 4) is 0 Å². The van der Waals surface area contributed by atoms with Crippen LogP contribution in [0.15, 0.2) is 24.4 Å². The van der Waals surface area contributed by atoms with E-state index in [0.29, 0.717) is 17.6 Å². The van der Waals surface area contributed by atoms with Gasteiger partial charge < -0.3 is 9.88 Å². The number of hydrogen-bond donors (Lipinski definition) is 2. The molecule has 0 unspecified atom stereocenters. The Labute approximate surface area is 138 Å². The van der Waals surface area contributed by atoms with Crippen LogP contribution in [0.4, 0.5) is 5.69 Å². The highest BCUT2D eigenvalue weighted by atomic mass is 32.2. The summed E-state index contributed by atoms with van der Waals surface area (Å²) in [5.41, 5.74) is 2.99. The van der Waals surface area contributed by atoms with Crippen molar-refractivity contribution in [2.24, 2.45) is 0 Å². The Morgan fingerprint density at radius 1 is 1.26 bits per heavy atom. The molecular weight excluding hydrogens is 310 g/mol. The maximum atomic E-state index is 11.4. The monoisotopic (exact) mass is 335 g/mol. The Hall–Kier alpha value is -1.53. The van der Waals surface area contributed by atoms with E-state index in [1.165, 1.54) is 11.8 Å². The first-order chi connectivity index (χ1) is 10.8. The fraction of sp³-hybridized carbons (Fsp3) is 0.529. The summed E-state index contributed by atoms with van der Waals surface area (Å²) in [6.07, 6.45) is 5.56. The van der Waals surface area contributed by atoms with Crippen LogP contribution in [0.3, 0.4) is 0 Å². The minimum atomic E-state index is -3.25. The molecule has 0 atom stereocenters. The molecule has 0 spiro atoms. The van der Waals surface area contributed by atoms with E-state index in [-0.39, 0.29) is 0 Å². The predicted molar refractivity (Wildman–Crippen MR) is 95.4 cm³/mol. The van der Waals surface area contributed by atoms with Gasteiger partial charge in [0.15, 0.2) is 0 Å². The molecule has 1 aliphatic rings. The summed E-state index contributed by atoms with van der Waals surface area (Å²) < 4.78 is 25.4. The van der Waals surface area contributed by atoms with E-state index >= 15 is 0 Å². The van der Waals surface area contributed by atoms with Crippen molar-refractivity contribution >= 4 is 26.6 Å². The zero-order valence-electron chi connectivity index (χ0n) is 14.0. The van der Waals surface area contributed by atoms with Gasteiger partial charge in [0.2, 0.25) is 10.0 Å². The number of likely N-dealkylation sites (tertiary alicyclic amines) is 1. The van der Waals surface area contributed by atoms with Gasteiger partial charge in [-0.2, -0.15) is 0 Å². The lowest BCUT2D eigenvalue weighted by atomic mass is 9.88. The lowest BCUT2D eigenvalue weighted by molar-refractivity contribution is 0.172. The van der Waals surface area contributed by atoms with E-state index in [4.69, 9.17) is 0 Å². The summed E-state index contributed by atoms with van der Waals surface area (Å²) in [5, 5.41) is 1.13. The molecule has 1 fully saturated rings. The number of anilines is 1. The standard InChI is InChI=1S/C17H25N3O2S/c1-12(2)20-8-6-13(7-9-20)16-11-18-17-5-4-14(10-15(16)17)19-23(3,21)22/h4-5,10-13,18-19H,6-9H2,1-3H3. The fourth-order valence-electron chi connectivity index (χ4n) is 3.48. The predicted octanol–water partition coefficient (Wildman–Crippen LogP) is 3.13.